The molecule has 0 N–H and O–H groups in total. The molecule has 3 heterocycles. The van der Waals surface area contributed by atoms with Crippen molar-refractivity contribution in [3.8, 4) is 0 Å². The Hall–Kier alpha value is -0.390. The van der Waals surface area contributed by atoms with Crippen molar-refractivity contribution in [2.75, 3.05) is 26.4 Å². The zero-order valence-corrected chi connectivity index (χ0v) is 14.4. The van der Waals surface area contributed by atoms with Gasteiger partial charge in [-0.15, -0.1) is 0 Å². The van der Waals surface area contributed by atoms with E-state index in [0.717, 1.165) is 0 Å². The largest absolute Gasteiger partial charge is 0.400 e. The lowest BCUT2D eigenvalue weighted by molar-refractivity contribution is -0.0591. The van der Waals surface area contributed by atoms with Crippen LogP contribution < -0.4 is 0 Å². The van der Waals surface area contributed by atoms with Gasteiger partial charge in [-0.05, 0) is 0 Å². The van der Waals surface area contributed by atoms with Gasteiger partial charge < -0.3 is 0 Å². The summed E-state index contributed by atoms with van der Waals surface area (Å²) in [5.74, 6) is -1.33. The van der Waals surface area contributed by atoms with Gasteiger partial charge in [0.05, 0.1) is 38.6 Å². The fourth-order valence-electron chi connectivity index (χ4n) is 2.45. The molecule has 0 saturated carbocycles. The van der Waals surface area contributed by atoms with E-state index in [0.29, 0.717) is 0 Å². The Bertz CT molecular complexity index is 696. The molecule has 3 fully saturated rings. The van der Waals surface area contributed by atoms with Gasteiger partial charge in [-0.1, -0.05) is 0 Å². The van der Waals surface area contributed by atoms with Gasteiger partial charge in [-0.3, -0.25) is 0 Å². The van der Waals surface area contributed by atoms with Crippen molar-refractivity contribution < 1.29 is 50.4 Å². The summed E-state index contributed by atoms with van der Waals surface area (Å²) in [6, 6.07) is 0. The fourth-order valence-corrected chi connectivity index (χ4v) is 5.08. The second-order valence-electron chi connectivity index (χ2n) is 5.39. The second-order valence-corrected chi connectivity index (χ2v) is 9.17. The summed E-state index contributed by atoms with van der Waals surface area (Å²) in [6.07, 6.45) is -1.88. The zero-order chi connectivity index (χ0) is 17.6. The van der Waals surface area contributed by atoms with Crippen LogP contribution in [0.15, 0.2) is 0 Å². The van der Waals surface area contributed by atoms with E-state index in [1.54, 1.807) is 0 Å². The van der Waals surface area contributed by atoms with Crippen LogP contribution in [-0.4, -0.2) is 63.9 Å². The first-order valence-electron chi connectivity index (χ1n) is 6.74. The SMILES string of the molecule is O=S1(=O)OCC(C2CC(C3COS(=O)(=O)OC3)OS(=O)(=O)O2)CO1. The molecule has 2 atom stereocenters. The van der Waals surface area contributed by atoms with Gasteiger partial charge in [0.25, 0.3) is 0 Å². The van der Waals surface area contributed by atoms with Crippen molar-refractivity contribution in [3.05, 3.63) is 0 Å². The van der Waals surface area contributed by atoms with E-state index in [1.165, 1.54) is 0 Å². The summed E-state index contributed by atoms with van der Waals surface area (Å²) >= 11 is 0. The molecule has 3 rings (SSSR count). The number of hydrogen-bond acceptors (Lipinski definition) is 12. The van der Waals surface area contributed by atoms with Crippen molar-refractivity contribution in [1.29, 1.82) is 0 Å². The quantitative estimate of drug-likeness (QED) is 0.504. The lowest BCUT2D eigenvalue weighted by atomic mass is 9.93. The summed E-state index contributed by atoms with van der Waals surface area (Å²) < 4.78 is 95.5. The minimum absolute atomic E-state index is 0.0358. The Balaban J connectivity index is 1.69. The molecule has 0 radical (unpaired) electrons. The lowest BCUT2D eigenvalue weighted by Gasteiger charge is -2.37. The first kappa shape index (κ1) is 18.4. The molecule has 0 aromatic rings. The van der Waals surface area contributed by atoms with Crippen LogP contribution in [0.4, 0.5) is 0 Å². The van der Waals surface area contributed by atoms with Crippen LogP contribution in [-0.2, 0) is 56.3 Å². The minimum Gasteiger partial charge on any atom is -0.248 e. The Morgan fingerprint density at radius 3 is 1.21 bits per heavy atom. The van der Waals surface area contributed by atoms with Gasteiger partial charge in [-0.2, -0.15) is 25.3 Å². The average Bonchev–Trinajstić information content (AvgIpc) is 2.45. The highest BCUT2D eigenvalue weighted by Crippen LogP contribution is 2.32. The maximum absolute atomic E-state index is 11.8. The molecule has 3 aliphatic heterocycles. The topological polar surface area (TPSA) is 158 Å². The van der Waals surface area contributed by atoms with Crippen LogP contribution in [0.3, 0.4) is 0 Å². The first-order valence-corrected chi connectivity index (χ1v) is 10.7. The van der Waals surface area contributed by atoms with Gasteiger partial charge in [0.1, 0.15) is 0 Å². The van der Waals surface area contributed by atoms with Crippen LogP contribution in [0.5, 0.6) is 0 Å². The number of rotatable bonds is 2. The van der Waals surface area contributed by atoms with Crippen molar-refractivity contribution >= 4 is 31.2 Å². The molecule has 140 valence electrons. The molecular weight excluding hydrogens is 396 g/mol. The third kappa shape index (κ3) is 4.41. The first-order chi connectivity index (χ1) is 11.1. The Morgan fingerprint density at radius 2 is 0.875 bits per heavy atom. The van der Waals surface area contributed by atoms with Crippen LogP contribution in [0.25, 0.3) is 0 Å². The predicted octanol–water partition coefficient (Wildman–Crippen LogP) is -1.78. The summed E-state index contributed by atoms with van der Waals surface area (Å²) in [5.41, 5.74) is 0. The normalized spacial score (nSPS) is 37.0. The Morgan fingerprint density at radius 1 is 0.542 bits per heavy atom. The monoisotopic (exact) mass is 410 g/mol. The molecule has 0 amide bonds. The molecule has 2 unspecified atom stereocenters. The van der Waals surface area contributed by atoms with E-state index >= 15 is 0 Å². The molecule has 0 aromatic carbocycles. The maximum atomic E-state index is 11.8. The molecule has 0 aromatic heterocycles. The molecular formula is C9H14O12S3. The molecule has 12 nitrogen and oxygen atoms in total. The van der Waals surface area contributed by atoms with Crippen LogP contribution >= 0.6 is 0 Å². The molecule has 0 spiro atoms. The van der Waals surface area contributed by atoms with Crippen LogP contribution in [0.2, 0.25) is 0 Å². The molecule has 3 saturated heterocycles. The van der Waals surface area contributed by atoms with Gasteiger partial charge in [0.15, 0.2) is 0 Å². The van der Waals surface area contributed by atoms with Gasteiger partial charge in [0.2, 0.25) is 0 Å². The molecule has 24 heavy (non-hydrogen) atoms. The van der Waals surface area contributed by atoms with E-state index in [4.69, 9.17) is 8.37 Å². The summed E-state index contributed by atoms with van der Waals surface area (Å²) in [5, 5.41) is 0. The van der Waals surface area contributed by atoms with Gasteiger partial charge in [0, 0.05) is 18.3 Å². The van der Waals surface area contributed by atoms with Crippen molar-refractivity contribution in [1.82, 2.24) is 0 Å². The van der Waals surface area contributed by atoms with Gasteiger partial charge >= 0.3 is 31.2 Å². The van der Waals surface area contributed by atoms with E-state index in [-0.39, 0.29) is 32.8 Å². The standard InChI is InChI=1S/C9H14O12S3/c10-22(11)16-2-6(3-17-22)8-1-9(21-24(14,15)20-8)7-4-18-23(12,13)19-5-7/h6-9H,1-5H2. The highest BCUT2D eigenvalue weighted by atomic mass is 32.3. The van der Waals surface area contributed by atoms with Gasteiger partial charge in [-0.25, -0.2) is 25.1 Å². The zero-order valence-electron chi connectivity index (χ0n) is 12.0. The Labute approximate surface area is 138 Å². The van der Waals surface area contributed by atoms with Crippen molar-refractivity contribution in [2.45, 2.75) is 18.6 Å². The highest BCUT2D eigenvalue weighted by molar-refractivity contribution is 7.82. The predicted molar refractivity (Wildman–Crippen MR) is 71.9 cm³/mol. The van der Waals surface area contributed by atoms with Crippen molar-refractivity contribution in [3.63, 3.8) is 0 Å². The fraction of sp³-hybridized carbons (Fsp3) is 1.00. The van der Waals surface area contributed by atoms with Crippen LogP contribution in [0, 0.1) is 11.8 Å². The third-order valence-corrected chi connectivity index (χ3v) is 6.37. The summed E-state index contributed by atoms with van der Waals surface area (Å²) in [6.45, 7) is -1.22. The van der Waals surface area contributed by atoms with Crippen molar-refractivity contribution in [2.24, 2.45) is 11.8 Å². The lowest BCUT2D eigenvalue weighted by Crippen LogP contribution is -2.48. The van der Waals surface area contributed by atoms with E-state index < -0.39 is 55.2 Å². The maximum Gasteiger partial charge on any atom is 0.400 e. The smallest absolute Gasteiger partial charge is 0.248 e. The summed E-state index contributed by atoms with van der Waals surface area (Å²) in [4.78, 5) is 0. The average molecular weight is 410 g/mol. The van der Waals surface area contributed by atoms with E-state index in [9.17, 15) is 25.3 Å². The number of hydrogen-bond donors (Lipinski definition) is 0. The van der Waals surface area contributed by atoms with E-state index in [2.05, 4.69) is 16.7 Å². The molecule has 0 aliphatic carbocycles. The molecule has 0 bridgehead atoms. The van der Waals surface area contributed by atoms with E-state index in [1.807, 2.05) is 0 Å². The minimum atomic E-state index is -4.36. The highest BCUT2D eigenvalue weighted by Gasteiger charge is 2.45. The second kappa shape index (κ2) is 6.40. The van der Waals surface area contributed by atoms with Crippen LogP contribution in [0.1, 0.15) is 6.42 Å². The Kier molecular flexibility index (Phi) is 4.91. The molecule has 15 heteroatoms. The third-order valence-electron chi connectivity index (χ3n) is 3.70. The summed E-state index contributed by atoms with van der Waals surface area (Å²) in [7, 11) is -12.5. The molecule has 3 aliphatic rings.